The summed E-state index contributed by atoms with van der Waals surface area (Å²) >= 11 is 0. The van der Waals surface area contributed by atoms with E-state index in [2.05, 4.69) is 33.7 Å². The van der Waals surface area contributed by atoms with Gasteiger partial charge >= 0.3 is 0 Å². The third-order valence-electron chi connectivity index (χ3n) is 3.77. The van der Waals surface area contributed by atoms with Crippen molar-refractivity contribution in [2.24, 2.45) is 5.92 Å². The van der Waals surface area contributed by atoms with Crippen LogP contribution in [0.25, 0.3) is 0 Å². The molecule has 6 heteroatoms. The average Bonchev–Trinajstić information content (AvgIpc) is 2.71. The Kier molecular flexibility index (Phi) is 6.59. The van der Waals surface area contributed by atoms with E-state index in [-0.39, 0.29) is 30.7 Å². The minimum atomic E-state index is 0. The first-order valence-electron chi connectivity index (χ1n) is 6.63. The van der Waals surface area contributed by atoms with Crippen molar-refractivity contribution in [3.63, 3.8) is 0 Å². The van der Waals surface area contributed by atoms with Gasteiger partial charge in [0.25, 0.3) is 0 Å². The predicted molar refractivity (Wildman–Crippen MR) is 86.2 cm³/mol. The molecule has 0 radical (unpaired) electrons. The fourth-order valence-electron chi connectivity index (χ4n) is 2.55. The highest BCUT2D eigenvalue weighted by Gasteiger charge is 2.21. The molecule has 2 N–H and O–H groups in total. The van der Waals surface area contributed by atoms with Crippen molar-refractivity contribution in [2.45, 2.75) is 6.42 Å². The molecule has 112 valence electrons. The highest BCUT2D eigenvalue weighted by molar-refractivity contribution is 5.85. The van der Waals surface area contributed by atoms with Gasteiger partial charge in [0, 0.05) is 37.8 Å². The van der Waals surface area contributed by atoms with Gasteiger partial charge in [-0.25, -0.2) is 0 Å². The molecule has 2 heterocycles. The van der Waals surface area contributed by atoms with E-state index < -0.39 is 0 Å². The number of rotatable bonds is 4. The Hall–Kier alpha value is -0.970. The van der Waals surface area contributed by atoms with Gasteiger partial charge in [-0.2, -0.15) is 0 Å². The van der Waals surface area contributed by atoms with Crippen LogP contribution in [-0.4, -0.2) is 38.6 Å². The van der Waals surface area contributed by atoms with Crippen molar-refractivity contribution >= 4 is 36.4 Å². The highest BCUT2D eigenvalue weighted by Crippen LogP contribution is 2.26. The number of nitrogens with zero attached hydrogens (tertiary/aromatic N) is 1. The molecule has 4 nitrogen and oxygen atoms in total. The first-order valence-corrected chi connectivity index (χ1v) is 6.63. The highest BCUT2D eigenvalue weighted by atomic mass is 35.5. The molecule has 1 amide bonds. The number of amides is 1. The number of anilines is 1. The first kappa shape index (κ1) is 17.1. The summed E-state index contributed by atoms with van der Waals surface area (Å²) in [6, 6.07) is 8.35. The van der Waals surface area contributed by atoms with Crippen LogP contribution in [0.4, 0.5) is 5.69 Å². The van der Waals surface area contributed by atoms with Gasteiger partial charge in [-0.1, -0.05) is 18.2 Å². The molecule has 0 aromatic heterocycles. The largest absolute Gasteiger partial charge is 0.362 e. The number of nitrogens with one attached hydrogen (secondary N) is 2. The van der Waals surface area contributed by atoms with Gasteiger partial charge in [0.15, 0.2) is 0 Å². The number of carbonyl (C=O) groups is 1. The Morgan fingerprint density at radius 1 is 1.30 bits per heavy atom. The van der Waals surface area contributed by atoms with Gasteiger partial charge in [-0.05, 0) is 18.1 Å². The zero-order valence-electron chi connectivity index (χ0n) is 11.3. The first-order chi connectivity index (χ1) is 8.83. The second-order valence-corrected chi connectivity index (χ2v) is 5.13. The smallest absolute Gasteiger partial charge is 0.239 e. The number of fused-ring (bicyclic) bond motifs is 1. The predicted octanol–water partition coefficient (Wildman–Crippen LogP) is 1.23. The molecule has 0 atom stereocenters. The lowest BCUT2D eigenvalue weighted by molar-refractivity contribution is -0.120. The summed E-state index contributed by atoms with van der Waals surface area (Å²) in [6.45, 7) is 4.32. The number of hydrogen-bond donors (Lipinski definition) is 2. The van der Waals surface area contributed by atoms with Gasteiger partial charge in [-0.15, -0.1) is 24.8 Å². The molecular formula is C14H21Cl2N3O. The van der Waals surface area contributed by atoms with Gasteiger partial charge in [0.2, 0.25) is 5.91 Å². The van der Waals surface area contributed by atoms with E-state index in [4.69, 9.17) is 0 Å². The standard InChI is InChI=1S/C14H19N3O.2ClH/c18-14(16-9-11-7-15-8-11)10-17-6-5-12-3-1-2-4-13(12)17;;/h1-4,11,15H,5-10H2,(H,16,18);2*1H. The molecule has 1 fully saturated rings. The van der Waals surface area contributed by atoms with Crippen LogP contribution in [0, 0.1) is 5.92 Å². The third kappa shape index (κ3) is 3.78. The van der Waals surface area contributed by atoms with Crippen molar-refractivity contribution in [1.82, 2.24) is 10.6 Å². The van der Waals surface area contributed by atoms with E-state index in [9.17, 15) is 4.79 Å². The maximum atomic E-state index is 11.9. The average molecular weight is 318 g/mol. The summed E-state index contributed by atoms with van der Waals surface area (Å²) in [6.07, 6.45) is 1.05. The Morgan fingerprint density at radius 3 is 2.75 bits per heavy atom. The summed E-state index contributed by atoms with van der Waals surface area (Å²) in [5.74, 6) is 0.762. The summed E-state index contributed by atoms with van der Waals surface area (Å²) in [5, 5.41) is 6.23. The second-order valence-electron chi connectivity index (χ2n) is 5.13. The van der Waals surface area contributed by atoms with Crippen LogP contribution in [0.15, 0.2) is 24.3 Å². The van der Waals surface area contributed by atoms with Crippen LogP contribution in [-0.2, 0) is 11.2 Å². The van der Waals surface area contributed by atoms with Crippen molar-refractivity contribution < 1.29 is 4.79 Å². The molecule has 20 heavy (non-hydrogen) atoms. The topological polar surface area (TPSA) is 44.4 Å². The van der Waals surface area contributed by atoms with Crippen molar-refractivity contribution in [3.05, 3.63) is 29.8 Å². The lowest BCUT2D eigenvalue weighted by Gasteiger charge is -2.27. The van der Waals surface area contributed by atoms with Gasteiger partial charge < -0.3 is 15.5 Å². The Bertz CT molecular complexity index is 452. The Labute approximate surface area is 132 Å². The molecule has 1 aromatic rings. The van der Waals surface area contributed by atoms with E-state index in [0.717, 1.165) is 32.6 Å². The minimum absolute atomic E-state index is 0. The van der Waals surface area contributed by atoms with Crippen molar-refractivity contribution in [1.29, 1.82) is 0 Å². The van der Waals surface area contributed by atoms with E-state index >= 15 is 0 Å². The molecule has 2 aliphatic heterocycles. The zero-order chi connectivity index (χ0) is 12.4. The second kappa shape index (κ2) is 7.72. The fraction of sp³-hybridized carbons (Fsp3) is 0.500. The van der Waals surface area contributed by atoms with Crippen molar-refractivity contribution in [2.75, 3.05) is 37.6 Å². The summed E-state index contributed by atoms with van der Waals surface area (Å²) < 4.78 is 0. The maximum Gasteiger partial charge on any atom is 0.239 e. The number of para-hydroxylation sites is 1. The van der Waals surface area contributed by atoms with Crippen LogP contribution in [0.2, 0.25) is 0 Å². The molecule has 0 aliphatic carbocycles. The number of halogens is 2. The maximum absolute atomic E-state index is 11.9. The normalized spacial score (nSPS) is 16.5. The van der Waals surface area contributed by atoms with E-state index in [0.29, 0.717) is 12.5 Å². The zero-order valence-corrected chi connectivity index (χ0v) is 12.9. The molecule has 2 aliphatic rings. The molecular weight excluding hydrogens is 297 g/mol. The quantitative estimate of drug-likeness (QED) is 0.878. The number of benzene rings is 1. The molecule has 0 unspecified atom stereocenters. The van der Waals surface area contributed by atoms with Crippen LogP contribution >= 0.6 is 24.8 Å². The number of hydrogen-bond acceptors (Lipinski definition) is 3. The molecule has 3 rings (SSSR count). The third-order valence-corrected chi connectivity index (χ3v) is 3.77. The molecule has 1 aromatic carbocycles. The van der Waals surface area contributed by atoms with E-state index in [1.165, 1.54) is 11.3 Å². The number of carbonyl (C=O) groups excluding carboxylic acids is 1. The summed E-state index contributed by atoms with van der Waals surface area (Å²) in [4.78, 5) is 14.1. The molecule has 0 saturated carbocycles. The van der Waals surface area contributed by atoms with Crippen LogP contribution < -0.4 is 15.5 Å². The van der Waals surface area contributed by atoms with E-state index in [1.807, 2.05) is 6.07 Å². The molecule has 0 bridgehead atoms. The monoisotopic (exact) mass is 317 g/mol. The lowest BCUT2D eigenvalue weighted by atomic mass is 10.0. The van der Waals surface area contributed by atoms with Gasteiger partial charge in [0.1, 0.15) is 0 Å². The van der Waals surface area contributed by atoms with E-state index in [1.54, 1.807) is 0 Å². The van der Waals surface area contributed by atoms with Gasteiger partial charge in [0.05, 0.1) is 6.54 Å². The molecule has 1 saturated heterocycles. The lowest BCUT2D eigenvalue weighted by Crippen LogP contribution is -2.49. The Balaban J connectivity index is 0.000001000. The Morgan fingerprint density at radius 2 is 2.05 bits per heavy atom. The van der Waals surface area contributed by atoms with Crippen LogP contribution in [0.1, 0.15) is 5.56 Å². The fourth-order valence-corrected chi connectivity index (χ4v) is 2.55. The van der Waals surface area contributed by atoms with Crippen LogP contribution in [0.3, 0.4) is 0 Å². The summed E-state index contributed by atoms with van der Waals surface area (Å²) in [7, 11) is 0. The summed E-state index contributed by atoms with van der Waals surface area (Å²) in [5.41, 5.74) is 2.58. The molecule has 0 spiro atoms. The van der Waals surface area contributed by atoms with Gasteiger partial charge in [-0.3, -0.25) is 4.79 Å². The van der Waals surface area contributed by atoms with Crippen LogP contribution in [0.5, 0.6) is 0 Å². The SMILES string of the molecule is Cl.Cl.O=C(CN1CCc2ccccc21)NCC1CNC1. The van der Waals surface area contributed by atoms with Crippen molar-refractivity contribution in [3.8, 4) is 0 Å². The minimum Gasteiger partial charge on any atom is -0.362 e.